The highest BCUT2D eigenvalue weighted by Crippen LogP contribution is 2.21. The molecule has 0 atom stereocenters. The number of thiophene rings is 1. The minimum Gasteiger partial charge on any atom is -0.373 e. The van der Waals surface area contributed by atoms with Crippen LogP contribution in [0, 0.1) is 0 Å². The summed E-state index contributed by atoms with van der Waals surface area (Å²) in [6.07, 6.45) is 1.60. The van der Waals surface area contributed by atoms with Crippen LogP contribution in [0.1, 0.15) is 18.7 Å². The Labute approximate surface area is 112 Å². The van der Waals surface area contributed by atoms with Crippen molar-refractivity contribution < 1.29 is 0 Å². The maximum Gasteiger partial charge on any atom is 0.134 e. The summed E-state index contributed by atoms with van der Waals surface area (Å²) in [5.41, 5.74) is 0. The van der Waals surface area contributed by atoms with E-state index in [1.165, 1.54) is 4.88 Å². The van der Waals surface area contributed by atoms with Crippen LogP contribution in [0.5, 0.6) is 0 Å². The van der Waals surface area contributed by atoms with E-state index in [4.69, 9.17) is 0 Å². The van der Waals surface area contributed by atoms with Crippen LogP contribution < -0.4 is 10.2 Å². The largest absolute Gasteiger partial charge is 0.373 e. The molecule has 0 aliphatic rings. The monoisotopic (exact) mass is 262 g/mol. The lowest BCUT2D eigenvalue weighted by Crippen LogP contribution is -2.30. The van der Waals surface area contributed by atoms with Crippen molar-refractivity contribution >= 4 is 23.0 Å². The van der Waals surface area contributed by atoms with Crippen LogP contribution in [0.4, 0.5) is 11.6 Å². The third kappa shape index (κ3) is 2.98. The first-order chi connectivity index (χ1) is 8.70. The van der Waals surface area contributed by atoms with E-state index in [9.17, 15) is 0 Å². The molecule has 0 unspecified atom stereocenters. The minimum atomic E-state index is 0.395. The van der Waals surface area contributed by atoms with Crippen molar-refractivity contribution in [1.29, 1.82) is 0 Å². The lowest BCUT2D eigenvalue weighted by molar-refractivity contribution is 0.676. The molecule has 0 radical (unpaired) electrons. The van der Waals surface area contributed by atoms with Crippen LogP contribution in [0.15, 0.2) is 29.9 Å². The summed E-state index contributed by atoms with van der Waals surface area (Å²) in [5, 5.41) is 5.15. The average Bonchev–Trinajstić information content (AvgIpc) is 2.88. The van der Waals surface area contributed by atoms with Gasteiger partial charge in [-0.2, -0.15) is 0 Å². The highest BCUT2D eigenvalue weighted by atomic mass is 32.1. The second-order valence-corrected chi connectivity index (χ2v) is 5.34. The Bertz CT molecular complexity index is 481. The van der Waals surface area contributed by atoms with Gasteiger partial charge < -0.3 is 10.2 Å². The number of nitrogens with zero attached hydrogens (tertiary/aromatic N) is 3. The molecule has 2 heterocycles. The Morgan fingerprint density at radius 2 is 2.22 bits per heavy atom. The van der Waals surface area contributed by atoms with Crippen LogP contribution in [-0.4, -0.2) is 23.1 Å². The normalized spacial score (nSPS) is 10.7. The van der Waals surface area contributed by atoms with Gasteiger partial charge in [0, 0.05) is 24.0 Å². The van der Waals surface area contributed by atoms with Gasteiger partial charge in [-0.3, -0.25) is 0 Å². The number of hydrogen-bond donors (Lipinski definition) is 1. The number of aromatic nitrogens is 2. The Morgan fingerprint density at radius 3 is 2.83 bits per heavy atom. The second-order valence-electron chi connectivity index (χ2n) is 4.31. The van der Waals surface area contributed by atoms with E-state index in [1.54, 1.807) is 17.7 Å². The molecule has 0 fully saturated rings. The summed E-state index contributed by atoms with van der Waals surface area (Å²) in [5.74, 6) is 1.80. The van der Waals surface area contributed by atoms with Gasteiger partial charge in [0.1, 0.15) is 18.0 Å². The molecule has 0 saturated heterocycles. The van der Waals surface area contributed by atoms with Gasteiger partial charge >= 0.3 is 0 Å². The standard InChI is InChI=1S/C13H18N4S/c1-10(2)17(8-11-5-4-6-18-11)13-7-12(14-3)15-9-16-13/h4-7,9-10H,8H2,1-3H3,(H,14,15,16). The molecule has 2 aromatic heterocycles. The lowest BCUT2D eigenvalue weighted by Gasteiger charge is -2.27. The van der Waals surface area contributed by atoms with Gasteiger partial charge in [0.25, 0.3) is 0 Å². The van der Waals surface area contributed by atoms with Gasteiger partial charge in [0.2, 0.25) is 0 Å². The molecule has 0 aliphatic heterocycles. The topological polar surface area (TPSA) is 41.0 Å². The maximum absolute atomic E-state index is 4.37. The molecule has 0 aliphatic carbocycles. The number of anilines is 2. The zero-order valence-electron chi connectivity index (χ0n) is 10.9. The first kappa shape index (κ1) is 12.8. The molecule has 0 saturated carbocycles. The van der Waals surface area contributed by atoms with E-state index in [-0.39, 0.29) is 0 Å². The SMILES string of the molecule is CNc1cc(N(Cc2cccs2)C(C)C)ncn1. The molecule has 4 nitrogen and oxygen atoms in total. The summed E-state index contributed by atoms with van der Waals surface area (Å²) in [6, 6.07) is 6.61. The van der Waals surface area contributed by atoms with Gasteiger partial charge in [-0.1, -0.05) is 6.07 Å². The zero-order chi connectivity index (χ0) is 13.0. The molecule has 1 N–H and O–H groups in total. The lowest BCUT2D eigenvalue weighted by atomic mass is 10.3. The third-order valence-electron chi connectivity index (χ3n) is 2.73. The number of nitrogens with one attached hydrogen (secondary N) is 1. The molecule has 2 aromatic rings. The molecular formula is C13H18N4S. The van der Waals surface area contributed by atoms with Crippen molar-refractivity contribution in [2.45, 2.75) is 26.4 Å². The van der Waals surface area contributed by atoms with Crippen molar-refractivity contribution in [2.75, 3.05) is 17.3 Å². The van der Waals surface area contributed by atoms with Gasteiger partial charge in [0.05, 0.1) is 6.54 Å². The molecule has 5 heteroatoms. The number of rotatable bonds is 5. The summed E-state index contributed by atoms with van der Waals surface area (Å²) in [7, 11) is 1.87. The van der Waals surface area contributed by atoms with Crippen LogP contribution in [0.25, 0.3) is 0 Å². The van der Waals surface area contributed by atoms with E-state index in [2.05, 4.69) is 51.5 Å². The van der Waals surface area contributed by atoms with Crippen LogP contribution >= 0.6 is 11.3 Å². The van der Waals surface area contributed by atoms with Gasteiger partial charge in [-0.25, -0.2) is 9.97 Å². The van der Waals surface area contributed by atoms with E-state index >= 15 is 0 Å². The Balaban J connectivity index is 2.23. The molecule has 0 amide bonds. The summed E-state index contributed by atoms with van der Waals surface area (Å²) < 4.78 is 0. The zero-order valence-corrected chi connectivity index (χ0v) is 11.7. The fourth-order valence-corrected chi connectivity index (χ4v) is 2.44. The van der Waals surface area contributed by atoms with Gasteiger partial charge in [0.15, 0.2) is 0 Å². The second kappa shape index (κ2) is 5.82. The van der Waals surface area contributed by atoms with Crippen molar-refractivity contribution in [3.63, 3.8) is 0 Å². The molecule has 0 spiro atoms. The Morgan fingerprint density at radius 1 is 1.39 bits per heavy atom. The summed E-state index contributed by atoms with van der Waals surface area (Å²) >= 11 is 1.77. The van der Waals surface area contributed by atoms with Crippen molar-refractivity contribution in [3.05, 3.63) is 34.8 Å². The molecular weight excluding hydrogens is 244 g/mol. The molecule has 2 rings (SSSR count). The van der Waals surface area contributed by atoms with E-state index in [0.717, 1.165) is 18.2 Å². The highest BCUT2D eigenvalue weighted by Gasteiger charge is 2.13. The average molecular weight is 262 g/mol. The maximum atomic E-state index is 4.37. The molecule has 0 bridgehead atoms. The van der Waals surface area contributed by atoms with Crippen molar-refractivity contribution in [3.8, 4) is 0 Å². The Hall–Kier alpha value is -1.62. The van der Waals surface area contributed by atoms with Crippen LogP contribution in [-0.2, 0) is 6.54 Å². The highest BCUT2D eigenvalue weighted by molar-refractivity contribution is 7.09. The predicted octanol–water partition coefficient (Wildman–Crippen LogP) is 2.99. The van der Waals surface area contributed by atoms with Crippen molar-refractivity contribution in [2.24, 2.45) is 0 Å². The summed E-state index contributed by atoms with van der Waals surface area (Å²) in [4.78, 5) is 12.1. The van der Waals surface area contributed by atoms with Crippen molar-refractivity contribution in [1.82, 2.24) is 9.97 Å². The van der Waals surface area contributed by atoms with Crippen LogP contribution in [0.2, 0.25) is 0 Å². The van der Waals surface area contributed by atoms with Gasteiger partial charge in [-0.05, 0) is 25.3 Å². The Kier molecular flexibility index (Phi) is 4.15. The third-order valence-corrected chi connectivity index (χ3v) is 3.59. The first-order valence-electron chi connectivity index (χ1n) is 5.99. The van der Waals surface area contributed by atoms with Crippen LogP contribution in [0.3, 0.4) is 0 Å². The molecule has 18 heavy (non-hydrogen) atoms. The first-order valence-corrected chi connectivity index (χ1v) is 6.87. The van der Waals surface area contributed by atoms with E-state index < -0.39 is 0 Å². The fourth-order valence-electron chi connectivity index (χ4n) is 1.74. The quantitative estimate of drug-likeness (QED) is 0.899. The van der Waals surface area contributed by atoms with E-state index in [0.29, 0.717) is 6.04 Å². The number of hydrogen-bond acceptors (Lipinski definition) is 5. The van der Waals surface area contributed by atoms with Gasteiger partial charge in [-0.15, -0.1) is 11.3 Å². The smallest absolute Gasteiger partial charge is 0.134 e. The predicted molar refractivity (Wildman–Crippen MR) is 77.2 cm³/mol. The molecule has 0 aromatic carbocycles. The molecule has 96 valence electrons. The van der Waals surface area contributed by atoms with E-state index in [1.807, 2.05) is 13.1 Å². The summed E-state index contributed by atoms with van der Waals surface area (Å²) in [6.45, 7) is 5.24. The fraction of sp³-hybridized carbons (Fsp3) is 0.385. The minimum absolute atomic E-state index is 0.395.